The van der Waals surface area contributed by atoms with E-state index in [0.717, 1.165) is 35.1 Å². The Morgan fingerprint density at radius 1 is 1.45 bits per heavy atom. The van der Waals surface area contributed by atoms with Crippen molar-refractivity contribution in [2.45, 2.75) is 64.1 Å². The Hall–Kier alpha value is -0.390. The molecular weight excluding hydrogens is 320 g/mol. The van der Waals surface area contributed by atoms with Crippen molar-refractivity contribution in [1.82, 2.24) is 9.78 Å². The van der Waals surface area contributed by atoms with E-state index in [0.29, 0.717) is 25.2 Å². The van der Waals surface area contributed by atoms with Crippen molar-refractivity contribution < 1.29 is 10.2 Å². The van der Waals surface area contributed by atoms with E-state index in [4.69, 9.17) is 0 Å². The maximum Gasteiger partial charge on any atom is 0.0909 e. The molecule has 2 rings (SSSR count). The van der Waals surface area contributed by atoms with Crippen LogP contribution in [0.4, 0.5) is 0 Å². The number of nitrogens with zero attached hydrogens (tertiary/aromatic N) is 2. The third-order valence-electron chi connectivity index (χ3n) is 4.65. The predicted molar refractivity (Wildman–Crippen MR) is 82.6 cm³/mol. The Kier molecular flexibility index (Phi) is 4.92. The monoisotopic (exact) mass is 344 g/mol. The van der Waals surface area contributed by atoms with Crippen molar-refractivity contribution in [2.75, 3.05) is 0 Å². The first-order valence-electron chi connectivity index (χ1n) is 7.48. The van der Waals surface area contributed by atoms with Crippen LogP contribution in [-0.2, 0) is 19.9 Å². The van der Waals surface area contributed by atoms with E-state index >= 15 is 0 Å². The number of halogens is 1. The number of aliphatic hydroxyl groups excluding tert-OH is 1. The zero-order chi connectivity index (χ0) is 14.9. The lowest BCUT2D eigenvalue weighted by Crippen LogP contribution is -2.46. The lowest BCUT2D eigenvalue weighted by Gasteiger charge is -2.38. The van der Waals surface area contributed by atoms with E-state index in [1.54, 1.807) is 4.68 Å². The molecule has 1 atom stereocenters. The van der Waals surface area contributed by atoms with Gasteiger partial charge in [-0.2, -0.15) is 5.10 Å². The van der Waals surface area contributed by atoms with Crippen LogP contribution in [-0.4, -0.2) is 31.7 Å². The minimum absolute atomic E-state index is 0.439. The van der Waals surface area contributed by atoms with Crippen LogP contribution in [0.2, 0.25) is 0 Å². The summed E-state index contributed by atoms with van der Waals surface area (Å²) in [5, 5.41) is 25.6. The molecule has 1 aliphatic rings. The summed E-state index contributed by atoms with van der Waals surface area (Å²) in [4.78, 5) is 0. The van der Waals surface area contributed by atoms with Crippen LogP contribution in [0.15, 0.2) is 4.47 Å². The summed E-state index contributed by atoms with van der Waals surface area (Å²) >= 11 is 3.57. The molecule has 0 amide bonds. The zero-order valence-electron chi connectivity index (χ0n) is 12.6. The molecule has 1 aliphatic carbocycles. The van der Waals surface area contributed by atoms with Crippen LogP contribution in [0.5, 0.6) is 0 Å². The molecule has 1 saturated carbocycles. The third kappa shape index (κ3) is 3.10. The number of hydrogen-bond acceptors (Lipinski definition) is 3. The molecule has 114 valence electrons. The fraction of sp³-hybridized carbons (Fsp3) is 0.800. The van der Waals surface area contributed by atoms with E-state index in [-0.39, 0.29) is 0 Å². The number of aryl methyl sites for hydroxylation is 2. The molecule has 1 unspecified atom stereocenters. The number of rotatable bonds is 4. The third-order valence-corrected chi connectivity index (χ3v) is 5.57. The number of aliphatic hydroxyl groups is 2. The molecule has 2 N–H and O–H groups in total. The van der Waals surface area contributed by atoms with Crippen molar-refractivity contribution >= 4 is 15.9 Å². The summed E-state index contributed by atoms with van der Waals surface area (Å²) in [6.45, 7) is 4.26. The van der Waals surface area contributed by atoms with Crippen LogP contribution in [0.3, 0.4) is 0 Å². The van der Waals surface area contributed by atoms with E-state index in [1.165, 1.54) is 0 Å². The normalized spacial score (nSPS) is 28.6. The summed E-state index contributed by atoms with van der Waals surface area (Å²) in [7, 11) is 1.89. The Labute approximate surface area is 129 Å². The summed E-state index contributed by atoms with van der Waals surface area (Å²) in [5.41, 5.74) is 1.02. The summed E-state index contributed by atoms with van der Waals surface area (Å²) in [5.74, 6) is 0.651. The van der Waals surface area contributed by atoms with Gasteiger partial charge in [-0.1, -0.05) is 13.8 Å². The van der Waals surface area contributed by atoms with E-state index in [1.807, 2.05) is 7.05 Å². The fourth-order valence-corrected chi connectivity index (χ4v) is 3.79. The molecule has 0 spiro atoms. The van der Waals surface area contributed by atoms with Crippen LogP contribution >= 0.6 is 15.9 Å². The summed E-state index contributed by atoms with van der Waals surface area (Å²) in [6, 6.07) is 0. The van der Waals surface area contributed by atoms with Gasteiger partial charge in [0.1, 0.15) is 0 Å². The van der Waals surface area contributed by atoms with Gasteiger partial charge in [-0.25, -0.2) is 0 Å². The van der Waals surface area contributed by atoms with Crippen LogP contribution < -0.4 is 0 Å². The van der Waals surface area contributed by atoms with Gasteiger partial charge in [0.15, 0.2) is 0 Å². The quantitative estimate of drug-likeness (QED) is 0.882. The molecule has 0 radical (unpaired) electrons. The van der Waals surface area contributed by atoms with Gasteiger partial charge >= 0.3 is 0 Å². The van der Waals surface area contributed by atoms with Crippen LogP contribution in [0.1, 0.15) is 50.9 Å². The van der Waals surface area contributed by atoms with Gasteiger partial charge < -0.3 is 10.2 Å². The summed E-state index contributed by atoms with van der Waals surface area (Å²) < 4.78 is 2.77. The van der Waals surface area contributed by atoms with Gasteiger partial charge in [0.2, 0.25) is 0 Å². The molecule has 0 aromatic carbocycles. The first-order valence-corrected chi connectivity index (χ1v) is 8.27. The fourth-order valence-electron chi connectivity index (χ4n) is 3.01. The molecule has 1 heterocycles. The van der Waals surface area contributed by atoms with Crippen molar-refractivity contribution in [3.05, 3.63) is 15.9 Å². The molecule has 20 heavy (non-hydrogen) atoms. The second-order valence-electron chi connectivity index (χ2n) is 6.19. The molecule has 1 aromatic heterocycles. The average Bonchev–Trinajstić information content (AvgIpc) is 2.69. The maximum absolute atomic E-state index is 10.7. The lowest BCUT2D eigenvalue weighted by molar-refractivity contribution is -0.103. The first-order chi connectivity index (χ1) is 9.37. The van der Waals surface area contributed by atoms with E-state index in [2.05, 4.69) is 34.9 Å². The molecule has 1 aromatic rings. The first kappa shape index (κ1) is 16.0. The highest BCUT2D eigenvalue weighted by Crippen LogP contribution is 2.36. The van der Waals surface area contributed by atoms with Gasteiger partial charge in [-0.15, -0.1) is 0 Å². The lowest BCUT2D eigenvalue weighted by atomic mass is 9.75. The predicted octanol–water partition coefficient (Wildman–Crippen LogP) is 2.59. The smallest absolute Gasteiger partial charge is 0.0909 e. The SMILES string of the molecule is CCc1nn(C)c(CC(O)C2(O)CCC(C)CC2)c1Br. The summed E-state index contributed by atoms with van der Waals surface area (Å²) in [6.07, 6.45) is 3.91. The Bertz CT molecular complexity index is 465. The van der Waals surface area contributed by atoms with Gasteiger partial charge in [0.05, 0.1) is 27.6 Å². The molecule has 0 aliphatic heterocycles. The average molecular weight is 345 g/mol. The molecule has 1 fully saturated rings. The highest BCUT2D eigenvalue weighted by atomic mass is 79.9. The second kappa shape index (κ2) is 6.16. The van der Waals surface area contributed by atoms with Crippen LogP contribution in [0.25, 0.3) is 0 Å². The molecule has 0 saturated heterocycles. The largest absolute Gasteiger partial charge is 0.390 e. The Balaban J connectivity index is 2.11. The molecule has 4 nitrogen and oxygen atoms in total. The minimum Gasteiger partial charge on any atom is -0.390 e. The topological polar surface area (TPSA) is 58.3 Å². The van der Waals surface area contributed by atoms with E-state index < -0.39 is 11.7 Å². The Morgan fingerprint density at radius 3 is 2.55 bits per heavy atom. The Morgan fingerprint density at radius 2 is 2.05 bits per heavy atom. The highest BCUT2D eigenvalue weighted by Gasteiger charge is 2.39. The van der Waals surface area contributed by atoms with Gasteiger partial charge in [0.25, 0.3) is 0 Å². The van der Waals surface area contributed by atoms with Crippen molar-refractivity contribution in [1.29, 1.82) is 0 Å². The van der Waals surface area contributed by atoms with Crippen LogP contribution in [0, 0.1) is 5.92 Å². The van der Waals surface area contributed by atoms with Gasteiger partial charge in [0, 0.05) is 13.5 Å². The minimum atomic E-state index is -0.942. The van der Waals surface area contributed by atoms with Crippen molar-refractivity contribution in [2.24, 2.45) is 13.0 Å². The molecule has 0 bridgehead atoms. The number of hydrogen-bond donors (Lipinski definition) is 2. The number of aromatic nitrogens is 2. The molecular formula is C15H25BrN2O2. The van der Waals surface area contributed by atoms with Crippen molar-refractivity contribution in [3.63, 3.8) is 0 Å². The van der Waals surface area contributed by atoms with Gasteiger partial charge in [-0.05, 0) is 54.0 Å². The highest BCUT2D eigenvalue weighted by molar-refractivity contribution is 9.10. The maximum atomic E-state index is 10.7. The standard InChI is InChI=1S/C15H25BrN2O2/c1-4-11-14(16)12(18(3)17-11)9-13(19)15(20)7-5-10(2)6-8-15/h10,13,19-20H,4-9H2,1-3H3. The van der Waals surface area contributed by atoms with E-state index in [9.17, 15) is 10.2 Å². The second-order valence-corrected chi connectivity index (χ2v) is 6.98. The van der Waals surface area contributed by atoms with Gasteiger partial charge in [-0.3, -0.25) is 4.68 Å². The molecule has 5 heteroatoms. The van der Waals surface area contributed by atoms with Crippen molar-refractivity contribution in [3.8, 4) is 0 Å². The zero-order valence-corrected chi connectivity index (χ0v) is 14.2.